The van der Waals surface area contributed by atoms with E-state index in [0.29, 0.717) is 36.7 Å². The highest BCUT2D eigenvalue weighted by Crippen LogP contribution is 2.33. The van der Waals surface area contributed by atoms with Gasteiger partial charge in [0.1, 0.15) is 19.0 Å². The van der Waals surface area contributed by atoms with E-state index in [9.17, 15) is 18.0 Å². The first-order chi connectivity index (χ1) is 13.3. The highest BCUT2D eigenvalue weighted by atomic mass is 19.4. The molecule has 0 unspecified atom stereocenters. The van der Waals surface area contributed by atoms with Gasteiger partial charge in [-0.05, 0) is 41.8 Å². The first kappa shape index (κ1) is 19.9. The fraction of sp³-hybridized carbons (Fsp3) is 0.350. The van der Waals surface area contributed by atoms with Gasteiger partial charge in [-0.15, -0.1) is 13.2 Å². The predicted octanol–water partition coefficient (Wildman–Crippen LogP) is 4.17. The smallest absolute Gasteiger partial charge is 0.486 e. The van der Waals surface area contributed by atoms with Gasteiger partial charge in [0.25, 0.3) is 0 Å². The molecule has 1 N–H and O–H groups in total. The number of hydrogen-bond donors (Lipinski definition) is 1. The molecule has 1 aliphatic rings. The summed E-state index contributed by atoms with van der Waals surface area (Å²) in [5.74, 6) is 0.777. The Hall–Kier alpha value is -2.90. The van der Waals surface area contributed by atoms with E-state index >= 15 is 0 Å². The molecule has 1 heterocycles. The van der Waals surface area contributed by atoms with Crippen LogP contribution in [0.15, 0.2) is 42.5 Å². The molecule has 2 aromatic rings. The van der Waals surface area contributed by atoms with Crippen molar-refractivity contribution in [3.8, 4) is 17.2 Å². The summed E-state index contributed by atoms with van der Waals surface area (Å²) in [4.78, 5) is 12.4. The van der Waals surface area contributed by atoms with E-state index in [-0.39, 0.29) is 24.1 Å². The normalized spacial score (nSPS) is 14.3. The van der Waals surface area contributed by atoms with Crippen LogP contribution in [0.5, 0.6) is 17.2 Å². The fourth-order valence-corrected chi connectivity index (χ4v) is 2.94. The zero-order valence-electron chi connectivity index (χ0n) is 15.2. The monoisotopic (exact) mass is 395 g/mol. The van der Waals surface area contributed by atoms with Gasteiger partial charge in [0.05, 0.1) is 12.5 Å². The first-order valence-corrected chi connectivity index (χ1v) is 8.87. The lowest BCUT2D eigenvalue weighted by Crippen LogP contribution is -2.29. The van der Waals surface area contributed by atoms with Crippen LogP contribution in [0, 0.1) is 0 Å². The average molecular weight is 395 g/mol. The maximum atomic E-state index is 12.4. The van der Waals surface area contributed by atoms with Gasteiger partial charge >= 0.3 is 6.36 Å². The summed E-state index contributed by atoms with van der Waals surface area (Å²) in [5, 5.41) is 2.94. The van der Waals surface area contributed by atoms with Crippen molar-refractivity contribution < 1.29 is 32.2 Å². The Morgan fingerprint density at radius 3 is 2.43 bits per heavy atom. The lowest BCUT2D eigenvalue weighted by atomic mass is 10.0. The molecule has 1 aliphatic heterocycles. The van der Waals surface area contributed by atoms with E-state index < -0.39 is 6.36 Å². The Bertz CT molecular complexity index is 821. The van der Waals surface area contributed by atoms with Gasteiger partial charge in [0.2, 0.25) is 5.91 Å². The standard InChI is InChI=1S/C20H20F3NO4/c1-2-16(14-5-8-17-18(12-14)27-10-9-26-17)24-19(25)11-13-3-6-15(7-4-13)28-20(21,22)23/h3-8,12,16H,2,9-11H2,1H3,(H,24,25)/t16-/m0/s1. The lowest BCUT2D eigenvalue weighted by Gasteiger charge is -2.22. The third-order valence-corrected chi connectivity index (χ3v) is 4.23. The van der Waals surface area contributed by atoms with Crippen LogP contribution >= 0.6 is 0 Å². The molecule has 28 heavy (non-hydrogen) atoms. The summed E-state index contributed by atoms with van der Waals surface area (Å²) in [5.41, 5.74) is 1.48. The summed E-state index contributed by atoms with van der Waals surface area (Å²) < 4.78 is 51.5. The van der Waals surface area contributed by atoms with E-state index in [2.05, 4.69) is 10.1 Å². The Balaban J connectivity index is 1.61. The van der Waals surface area contributed by atoms with Gasteiger partial charge in [-0.1, -0.05) is 25.1 Å². The van der Waals surface area contributed by atoms with Gasteiger partial charge < -0.3 is 19.5 Å². The number of rotatable bonds is 6. The van der Waals surface area contributed by atoms with Crippen molar-refractivity contribution in [1.29, 1.82) is 0 Å². The highest BCUT2D eigenvalue weighted by Gasteiger charge is 2.31. The fourth-order valence-electron chi connectivity index (χ4n) is 2.94. The number of benzene rings is 2. The molecule has 0 spiro atoms. The minimum absolute atomic E-state index is 0.0490. The molecule has 2 aromatic carbocycles. The molecule has 0 saturated heterocycles. The molecule has 1 atom stereocenters. The summed E-state index contributed by atoms with van der Waals surface area (Å²) in [6, 6.07) is 10.6. The van der Waals surface area contributed by atoms with Crippen LogP contribution in [0.4, 0.5) is 13.2 Å². The van der Waals surface area contributed by atoms with E-state index in [4.69, 9.17) is 9.47 Å². The molecular formula is C20H20F3NO4. The maximum absolute atomic E-state index is 12.4. The number of alkyl halides is 3. The SMILES string of the molecule is CC[C@H](NC(=O)Cc1ccc(OC(F)(F)F)cc1)c1ccc2c(c1)OCCO2. The summed E-state index contributed by atoms with van der Waals surface area (Å²) in [6.45, 7) is 2.94. The summed E-state index contributed by atoms with van der Waals surface area (Å²) >= 11 is 0. The number of carbonyl (C=O) groups excluding carboxylic acids is 1. The zero-order chi connectivity index (χ0) is 20.1. The maximum Gasteiger partial charge on any atom is 0.573 e. The van der Waals surface area contributed by atoms with Gasteiger partial charge in [-0.25, -0.2) is 0 Å². The molecule has 3 rings (SSSR count). The Kier molecular flexibility index (Phi) is 5.96. The van der Waals surface area contributed by atoms with Crippen LogP contribution in [-0.2, 0) is 11.2 Å². The zero-order valence-corrected chi connectivity index (χ0v) is 15.2. The highest BCUT2D eigenvalue weighted by molar-refractivity contribution is 5.79. The predicted molar refractivity (Wildman–Crippen MR) is 95.4 cm³/mol. The topological polar surface area (TPSA) is 56.8 Å². The van der Waals surface area contributed by atoms with Crippen LogP contribution in [-0.4, -0.2) is 25.5 Å². The second-order valence-electron chi connectivity index (χ2n) is 6.30. The minimum Gasteiger partial charge on any atom is -0.486 e. The molecule has 0 fully saturated rings. The molecule has 0 aromatic heterocycles. The molecule has 0 saturated carbocycles. The minimum atomic E-state index is -4.74. The number of halogens is 3. The Morgan fingerprint density at radius 2 is 1.79 bits per heavy atom. The molecule has 1 amide bonds. The number of nitrogens with one attached hydrogen (secondary N) is 1. The van der Waals surface area contributed by atoms with Crippen molar-refractivity contribution in [2.24, 2.45) is 0 Å². The van der Waals surface area contributed by atoms with E-state index in [1.54, 1.807) is 0 Å². The molecular weight excluding hydrogens is 375 g/mol. The van der Waals surface area contributed by atoms with Gasteiger partial charge in [0.15, 0.2) is 11.5 Å². The van der Waals surface area contributed by atoms with Crippen LogP contribution in [0.25, 0.3) is 0 Å². The molecule has 0 radical (unpaired) electrons. The number of ether oxygens (including phenoxy) is 3. The molecule has 0 aliphatic carbocycles. The average Bonchev–Trinajstić information content (AvgIpc) is 2.66. The van der Waals surface area contributed by atoms with E-state index in [1.807, 2.05) is 25.1 Å². The molecule has 0 bridgehead atoms. The van der Waals surface area contributed by atoms with Crippen LogP contribution in [0.1, 0.15) is 30.5 Å². The van der Waals surface area contributed by atoms with Crippen molar-refractivity contribution in [3.05, 3.63) is 53.6 Å². The molecule has 150 valence electrons. The largest absolute Gasteiger partial charge is 0.573 e. The second kappa shape index (κ2) is 8.41. The first-order valence-electron chi connectivity index (χ1n) is 8.87. The van der Waals surface area contributed by atoms with Gasteiger partial charge in [0, 0.05) is 0 Å². The van der Waals surface area contributed by atoms with E-state index in [1.165, 1.54) is 24.3 Å². The van der Waals surface area contributed by atoms with Crippen molar-refractivity contribution in [3.63, 3.8) is 0 Å². The Labute approximate surface area is 160 Å². The summed E-state index contributed by atoms with van der Waals surface area (Å²) in [7, 11) is 0. The van der Waals surface area contributed by atoms with Crippen molar-refractivity contribution in [1.82, 2.24) is 5.32 Å². The third-order valence-electron chi connectivity index (χ3n) is 4.23. The molecule has 8 heteroatoms. The van der Waals surface area contributed by atoms with Crippen molar-refractivity contribution >= 4 is 5.91 Å². The summed E-state index contributed by atoms with van der Waals surface area (Å²) in [6.07, 6.45) is -4.02. The lowest BCUT2D eigenvalue weighted by molar-refractivity contribution is -0.274. The number of hydrogen-bond acceptors (Lipinski definition) is 4. The van der Waals surface area contributed by atoms with Gasteiger partial charge in [-0.2, -0.15) is 0 Å². The van der Waals surface area contributed by atoms with Crippen molar-refractivity contribution in [2.45, 2.75) is 32.2 Å². The van der Waals surface area contributed by atoms with Crippen LogP contribution in [0.3, 0.4) is 0 Å². The van der Waals surface area contributed by atoms with Gasteiger partial charge in [-0.3, -0.25) is 4.79 Å². The van der Waals surface area contributed by atoms with Crippen molar-refractivity contribution in [2.75, 3.05) is 13.2 Å². The number of fused-ring (bicyclic) bond motifs is 1. The molecule has 5 nitrogen and oxygen atoms in total. The van der Waals surface area contributed by atoms with Crippen LogP contribution < -0.4 is 19.5 Å². The second-order valence-corrected chi connectivity index (χ2v) is 6.30. The number of carbonyl (C=O) groups is 1. The van der Waals surface area contributed by atoms with E-state index in [0.717, 1.165) is 5.56 Å². The Morgan fingerprint density at radius 1 is 1.11 bits per heavy atom. The van der Waals surface area contributed by atoms with Crippen LogP contribution in [0.2, 0.25) is 0 Å². The number of amides is 1. The third kappa shape index (κ3) is 5.31. The quantitative estimate of drug-likeness (QED) is 0.798.